The first-order valence-corrected chi connectivity index (χ1v) is 6.26. The molecule has 2 rings (SSSR count). The highest BCUT2D eigenvalue weighted by Crippen LogP contribution is 2.17. The maximum atomic E-state index is 11.9. The van der Waals surface area contributed by atoms with Crippen molar-refractivity contribution >= 4 is 17.7 Å². The summed E-state index contributed by atoms with van der Waals surface area (Å²) in [7, 11) is 1.32. The molecule has 2 N–H and O–H groups in total. The first-order valence-electron chi connectivity index (χ1n) is 6.26. The van der Waals surface area contributed by atoms with Crippen molar-refractivity contribution < 1.29 is 14.3 Å². The molecule has 2 amide bonds. The molecule has 1 heterocycles. The molecule has 0 fully saturated rings. The molecular formula is C15H15N3O3. The Labute approximate surface area is 122 Å². The van der Waals surface area contributed by atoms with Gasteiger partial charge in [-0.25, -0.2) is 4.79 Å². The lowest BCUT2D eigenvalue weighted by molar-refractivity contribution is 0.1000. The van der Waals surface area contributed by atoms with Crippen molar-refractivity contribution in [2.45, 2.75) is 6.54 Å². The van der Waals surface area contributed by atoms with Crippen LogP contribution >= 0.6 is 0 Å². The zero-order valence-corrected chi connectivity index (χ0v) is 11.5. The van der Waals surface area contributed by atoms with Crippen LogP contribution in [0, 0.1) is 0 Å². The Morgan fingerprint density at radius 2 is 1.95 bits per heavy atom. The third-order valence-electron chi connectivity index (χ3n) is 2.93. The van der Waals surface area contributed by atoms with Gasteiger partial charge in [0.05, 0.1) is 25.5 Å². The summed E-state index contributed by atoms with van der Waals surface area (Å²) in [5.74, 6) is -0.487. The first-order chi connectivity index (χ1) is 10.1. The molecule has 0 unspecified atom stereocenters. The van der Waals surface area contributed by atoms with Gasteiger partial charge in [-0.05, 0) is 29.8 Å². The summed E-state index contributed by atoms with van der Waals surface area (Å²) in [5, 5.41) is 0. The average Bonchev–Trinajstić information content (AvgIpc) is 2.53. The number of benzene rings is 1. The van der Waals surface area contributed by atoms with E-state index in [1.165, 1.54) is 12.0 Å². The van der Waals surface area contributed by atoms with Crippen LogP contribution in [0.5, 0.6) is 0 Å². The third kappa shape index (κ3) is 3.56. The SMILES string of the molecule is COC(=O)N(Cc1ccc(C(N)=O)cc1)c1cccnc1. The number of hydrogen-bond donors (Lipinski definition) is 1. The van der Waals surface area contributed by atoms with Crippen LogP contribution in [-0.4, -0.2) is 24.1 Å². The molecule has 1 aromatic heterocycles. The average molecular weight is 285 g/mol. The fourth-order valence-electron chi connectivity index (χ4n) is 1.84. The van der Waals surface area contributed by atoms with Crippen LogP contribution in [0.25, 0.3) is 0 Å². The molecule has 0 saturated heterocycles. The molecule has 108 valence electrons. The number of primary amides is 1. The smallest absolute Gasteiger partial charge is 0.414 e. The second kappa shape index (κ2) is 6.51. The van der Waals surface area contributed by atoms with E-state index in [-0.39, 0.29) is 0 Å². The van der Waals surface area contributed by atoms with Crippen molar-refractivity contribution in [3.05, 3.63) is 59.9 Å². The number of pyridine rings is 1. The Balaban J connectivity index is 2.23. The Bertz CT molecular complexity index is 626. The summed E-state index contributed by atoms with van der Waals surface area (Å²) in [4.78, 5) is 28.4. The minimum atomic E-state index is -0.487. The molecule has 2 aromatic rings. The van der Waals surface area contributed by atoms with Crippen LogP contribution in [0.2, 0.25) is 0 Å². The minimum Gasteiger partial charge on any atom is -0.452 e. The van der Waals surface area contributed by atoms with Gasteiger partial charge in [0.2, 0.25) is 5.91 Å². The zero-order chi connectivity index (χ0) is 15.2. The van der Waals surface area contributed by atoms with E-state index in [0.717, 1.165) is 5.56 Å². The molecular weight excluding hydrogens is 270 g/mol. The molecule has 0 bridgehead atoms. The monoisotopic (exact) mass is 285 g/mol. The largest absolute Gasteiger partial charge is 0.452 e. The summed E-state index contributed by atoms with van der Waals surface area (Å²) in [6.45, 7) is 0.303. The van der Waals surface area contributed by atoms with Crippen LogP contribution in [0.1, 0.15) is 15.9 Å². The van der Waals surface area contributed by atoms with E-state index in [1.54, 1.807) is 48.8 Å². The number of nitrogens with two attached hydrogens (primary N) is 1. The lowest BCUT2D eigenvalue weighted by Crippen LogP contribution is -2.30. The summed E-state index contributed by atoms with van der Waals surface area (Å²) in [5.41, 5.74) is 7.09. The molecule has 0 atom stereocenters. The fourth-order valence-corrected chi connectivity index (χ4v) is 1.84. The molecule has 0 aliphatic rings. The van der Waals surface area contributed by atoms with Crippen molar-refractivity contribution in [3.63, 3.8) is 0 Å². The van der Waals surface area contributed by atoms with Crippen molar-refractivity contribution in [3.8, 4) is 0 Å². The highest BCUT2D eigenvalue weighted by atomic mass is 16.5. The molecule has 0 saturated carbocycles. The minimum absolute atomic E-state index is 0.303. The van der Waals surface area contributed by atoms with Crippen molar-refractivity contribution in [2.75, 3.05) is 12.0 Å². The molecule has 1 aromatic carbocycles. The van der Waals surface area contributed by atoms with E-state index in [0.29, 0.717) is 17.8 Å². The number of nitrogens with zero attached hydrogens (tertiary/aromatic N) is 2. The Kier molecular flexibility index (Phi) is 4.50. The highest BCUT2D eigenvalue weighted by Gasteiger charge is 2.16. The number of rotatable bonds is 4. The number of carbonyl (C=O) groups is 2. The van der Waals surface area contributed by atoms with Crippen LogP contribution in [0.3, 0.4) is 0 Å². The van der Waals surface area contributed by atoms with E-state index in [4.69, 9.17) is 10.5 Å². The van der Waals surface area contributed by atoms with Gasteiger partial charge in [-0.15, -0.1) is 0 Å². The van der Waals surface area contributed by atoms with E-state index in [2.05, 4.69) is 4.98 Å². The zero-order valence-electron chi connectivity index (χ0n) is 11.5. The Hall–Kier alpha value is -2.89. The van der Waals surface area contributed by atoms with Crippen molar-refractivity contribution in [1.29, 1.82) is 0 Å². The number of ether oxygens (including phenoxy) is 1. The van der Waals surface area contributed by atoms with Gasteiger partial charge in [0.25, 0.3) is 0 Å². The quantitative estimate of drug-likeness (QED) is 0.930. The van der Waals surface area contributed by atoms with Gasteiger partial charge < -0.3 is 10.5 Å². The molecule has 0 aliphatic heterocycles. The van der Waals surface area contributed by atoms with E-state index in [1.807, 2.05) is 0 Å². The standard InChI is InChI=1S/C15H15N3O3/c1-21-15(20)18(13-3-2-8-17-9-13)10-11-4-6-12(7-5-11)14(16)19/h2-9H,10H2,1H3,(H2,16,19). The van der Waals surface area contributed by atoms with Crippen LogP contribution in [0.4, 0.5) is 10.5 Å². The third-order valence-corrected chi connectivity index (χ3v) is 2.93. The number of anilines is 1. The van der Waals surface area contributed by atoms with Gasteiger partial charge in [-0.3, -0.25) is 14.7 Å². The summed E-state index contributed by atoms with van der Waals surface area (Å²) >= 11 is 0. The Morgan fingerprint density at radius 3 is 2.48 bits per heavy atom. The summed E-state index contributed by atoms with van der Waals surface area (Å²) < 4.78 is 4.79. The number of carbonyl (C=O) groups excluding carboxylic acids is 2. The lowest BCUT2D eigenvalue weighted by atomic mass is 10.1. The van der Waals surface area contributed by atoms with Gasteiger partial charge >= 0.3 is 6.09 Å². The number of methoxy groups -OCH3 is 1. The van der Waals surface area contributed by atoms with Gasteiger partial charge in [-0.2, -0.15) is 0 Å². The second-order valence-corrected chi connectivity index (χ2v) is 4.33. The number of hydrogen-bond acceptors (Lipinski definition) is 4. The normalized spacial score (nSPS) is 9.95. The Morgan fingerprint density at radius 1 is 1.24 bits per heavy atom. The molecule has 0 spiro atoms. The second-order valence-electron chi connectivity index (χ2n) is 4.33. The van der Waals surface area contributed by atoms with Crippen LogP contribution < -0.4 is 10.6 Å². The number of aromatic nitrogens is 1. The fraction of sp³-hybridized carbons (Fsp3) is 0.133. The van der Waals surface area contributed by atoms with Crippen molar-refractivity contribution in [1.82, 2.24) is 4.98 Å². The van der Waals surface area contributed by atoms with E-state index >= 15 is 0 Å². The van der Waals surface area contributed by atoms with Gasteiger partial charge in [0, 0.05) is 11.8 Å². The maximum Gasteiger partial charge on any atom is 0.414 e. The topological polar surface area (TPSA) is 85.5 Å². The lowest BCUT2D eigenvalue weighted by Gasteiger charge is -2.21. The van der Waals surface area contributed by atoms with E-state index in [9.17, 15) is 9.59 Å². The van der Waals surface area contributed by atoms with Gasteiger partial charge in [0.15, 0.2) is 0 Å². The van der Waals surface area contributed by atoms with E-state index < -0.39 is 12.0 Å². The number of amides is 2. The molecule has 6 heteroatoms. The molecule has 21 heavy (non-hydrogen) atoms. The van der Waals surface area contributed by atoms with Gasteiger partial charge in [0.1, 0.15) is 0 Å². The van der Waals surface area contributed by atoms with Crippen LogP contribution in [-0.2, 0) is 11.3 Å². The predicted molar refractivity (Wildman–Crippen MR) is 77.8 cm³/mol. The molecule has 6 nitrogen and oxygen atoms in total. The predicted octanol–water partition coefficient (Wildman–Crippen LogP) is 1.95. The summed E-state index contributed by atoms with van der Waals surface area (Å²) in [6, 6.07) is 10.2. The highest BCUT2D eigenvalue weighted by molar-refractivity contribution is 5.92. The molecule has 0 radical (unpaired) electrons. The van der Waals surface area contributed by atoms with Gasteiger partial charge in [-0.1, -0.05) is 12.1 Å². The first kappa shape index (κ1) is 14.5. The molecule has 0 aliphatic carbocycles. The summed E-state index contributed by atoms with van der Waals surface area (Å²) in [6.07, 6.45) is 2.72. The van der Waals surface area contributed by atoms with Crippen LogP contribution in [0.15, 0.2) is 48.8 Å². The maximum absolute atomic E-state index is 11.9. The van der Waals surface area contributed by atoms with Crippen molar-refractivity contribution in [2.24, 2.45) is 5.73 Å².